The summed E-state index contributed by atoms with van der Waals surface area (Å²) in [5.41, 5.74) is 8.76. The second kappa shape index (κ2) is 5.11. The lowest BCUT2D eigenvalue weighted by Gasteiger charge is -2.10. The van der Waals surface area contributed by atoms with Gasteiger partial charge in [0.25, 0.3) is 0 Å². The minimum atomic E-state index is -0.805. The predicted octanol–water partition coefficient (Wildman–Crippen LogP) is 2.53. The fourth-order valence-electron chi connectivity index (χ4n) is 1.54. The van der Waals surface area contributed by atoms with Gasteiger partial charge in [-0.3, -0.25) is 0 Å². The van der Waals surface area contributed by atoms with Crippen LogP contribution in [0.3, 0.4) is 0 Å². The van der Waals surface area contributed by atoms with Crippen LogP contribution in [0.1, 0.15) is 23.1 Å². The van der Waals surface area contributed by atoms with E-state index in [1.807, 2.05) is 19.9 Å². The monoisotopic (exact) mass is 195 g/mol. The van der Waals surface area contributed by atoms with Gasteiger partial charge in [-0.2, -0.15) is 0 Å². The molecule has 0 radical (unpaired) electrons. The van der Waals surface area contributed by atoms with Gasteiger partial charge >= 0.3 is 0 Å². The van der Waals surface area contributed by atoms with Gasteiger partial charge < -0.3 is 5.73 Å². The average molecular weight is 195 g/mol. The molecule has 0 saturated heterocycles. The van der Waals surface area contributed by atoms with E-state index in [2.05, 4.69) is 12.1 Å². The van der Waals surface area contributed by atoms with Crippen LogP contribution in [0.4, 0.5) is 4.39 Å². The molecule has 0 amide bonds. The van der Waals surface area contributed by atoms with Gasteiger partial charge in [-0.05, 0) is 37.9 Å². The minimum absolute atomic E-state index is 0.423. The maximum absolute atomic E-state index is 13.3. The SMILES string of the molecule is Cc1ccc(C)c(CC(F)CCN)c1. The second-order valence-corrected chi connectivity index (χ2v) is 3.81. The van der Waals surface area contributed by atoms with E-state index < -0.39 is 6.17 Å². The minimum Gasteiger partial charge on any atom is -0.330 e. The van der Waals surface area contributed by atoms with Crippen molar-refractivity contribution in [1.82, 2.24) is 0 Å². The van der Waals surface area contributed by atoms with Gasteiger partial charge in [0.1, 0.15) is 6.17 Å². The first-order chi connectivity index (χ1) is 6.63. The van der Waals surface area contributed by atoms with E-state index in [1.165, 1.54) is 5.56 Å². The third-order valence-electron chi connectivity index (χ3n) is 2.43. The molecule has 0 aliphatic rings. The van der Waals surface area contributed by atoms with Crippen LogP contribution in [0, 0.1) is 13.8 Å². The van der Waals surface area contributed by atoms with Crippen molar-refractivity contribution in [3.05, 3.63) is 34.9 Å². The molecule has 1 unspecified atom stereocenters. The topological polar surface area (TPSA) is 26.0 Å². The summed E-state index contributed by atoms with van der Waals surface area (Å²) in [5.74, 6) is 0. The summed E-state index contributed by atoms with van der Waals surface area (Å²) in [5, 5.41) is 0. The molecular weight excluding hydrogens is 177 g/mol. The van der Waals surface area contributed by atoms with Crippen molar-refractivity contribution in [2.75, 3.05) is 6.54 Å². The Labute approximate surface area is 85.1 Å². The Morgan fingerprint density at radius 3 is 2.71 bits per heavy atom. The molecule has 1 nitrogen and oxygen atoms in total. The highest BCUT2D eigenvalue weighted by Crippen LogP contribution is 2.15. The molecule has 0 spiro atoms. The van der Waals surface area contributed by atoms with Crippen LogP contribution in [-0.2, 0) is 6.42 Å². The first-order valence-corrected chi connectivity index (χ1v) is 5.03. The van der Waals surface area contributed by atoms with Crippen LogP contribution >= 0.6 is 0 Å². The Hall–Kier alpha value is -0.890. The van der Waals surface area contributed by atoms with Crippen molar-refractivity contribution < 1.29 is 4.39 Å². The lowest BCUT2D eigenvalue weighted by atomic mass is 10.00. The molecule has 1 aromatic rings. The second-order valence-electron chi connectivity index (χ2n) is 3.81. The molecule has 0 aliphatic heterocycles. The summed E-state index contributed by atoms with van der Waals surface area (Å²) in [6.45, 7) is 4.47. The van der Waals surface area contributed by atoms with Crippen molar-refractivity contribution in [2.24, 2.45) is 5.73 Å². The van der Waals surface area contributed by atoms with Crippen LogP contribution < -0.4 is 5.73 Å². The highest BCUT2D eigenvalue weighted by Gasteiger charge is 2.08. The molecule has 1 rings (SSSR count). The Morgan fingerprint density at radius 2 is 2.07 bits per heavy atom. The van der Waals surface area contributed by atoms with Crippen LogP contribution in [0.5, 0.6) is 0 Å². The molecule has 0 aromatic heterocycles. The Balaban J connectivity index is 2.70. The van der Waals surface area contributed by atoms with E-state index >= 15 is 0 Å². The van der Waals surface area contributed by atoms with Gasteiger partial charge in [0, 0.05) is 6.42 Å². The summed E-state index contributed by atoms with van der Waals surface area (Å²) >= 11 is 0. The van der Waals surface area contributed by atoms with E-state index in [9.17, 15) is 4.39 Å². The van der Waals surface area contributed by atoms with Gasteiger partial charge in [-0.1, -0.05) is 23.8 Å². The molecule has 2 N–H and O–H groups in total. The van der Waals surface area contributed by atoms with Crippen molar-refractivity contribution in [3.63, 3.8) is 0 Å². The zero-order valence-corrected chi connectivity index (χ0v) is 8.89. The molecule has 78 valence electrons. The van der Waals surface area contributed by atoms with Gasteiger partial charge in [-0.25, -0.2) is 4.39 Å². The number of alkyl halides is 1. The Kier molecular flexibility index (Phi) is 4.08. The first-order valence-electron chi connectivity index (χ1n) is 5.03. The zero-order valence-electron chi connectivity index (χ0n) is 8.89. The quantitative estimate of drug-likeness (QED) is 0.785. The normalized spacial score (nSPS) is 12.9. The maximum Gasteiger partial charge on any atom is 0.105 e. The summed E-state index contributed by atoms with van der Waals surface area (Å²) in [6, 6.07) is 6.15. The molecule has 0 heterocycles. The molecule has 0 aliphatic carbocycles. The number of aryl methyl sites for hydroxylation is 2. The molecule has 14 heavy (non-hydrogen) atoms. The van der Waals surface area contributed by atoms with E-state index in [0.29, 0.717) is 19.4 Å². The van der Waals surface area contributed by atoms with Crippen molar-refractivity contribution in [2.45, 2.75) is 32.9 Å². The van der Waals surface area contributed by atoms with Gasteiger partial charge in [0.05, 0.1) is 0 Å². The van der Waals surface area contributed by atoms with Crippen molar-refractivity contribution >= 4 is 0 Å². The summed E-state index contributed by atoms with van der Waals surface area (Å²) < 4.78 is 13.3. The summed E-state index contributed by atoms with van der Waals surface area (Å²) in [6.07, 6.45) is 0.137. The number of hydrogen-bond donors (Lipinski definition) is 1. The van der Waals surface area contributed by atoms with Crippen LogP contribution in [0.25, 0.3) is 0 Å². The van der Waals surface area contributed by atoms with Crippen LogP contribution in [0.15, 0.2) is 18.2 Å². The van der Waals surface area contributed by atoms with Gasteiger partial charge in [-0.15, -0.1) is 0 Å². The predicted molar refractivity (Wildman–Crippen MR) is 58.2 cm³/mol. The standard InChI is InChI=1S/C12H18FN/c1-9-3-4-10(2)11(7-9)8-12(13)5-6-14/h3-4,7,12H,5-6,8,14H2,1-2H3. The largest absolute Gasteiger partial charge is 0.330 e. The first kappa shape index (κ1) is 11.2. The molecule has 0 fully saturated rings. The van der Waals surface area contributed by atoms with Crippen LogP contribution in [0.2, 0.25) is 0 Å². The lowest BCUT2D eigenvalue weighted by molar-refractivity contribution is 0.316. The smallest absolute Gasteiger partial charge is 0.105 e. The zero-order chi connectivity index (χ0) is 10.6. The molecule has 0 saturated carbocycles. The number of hydrogen-bond acceptors (Lipinski definition) is 1. The maximum atomic E-state index is 13.3. The molecule has 0 bridgehead atoms. The highest BCUT2D eigenvalue weighted by molar-refractivity contribution is 5.30. The van der Waals surface area contributed by atoms with E-state index in [-0.39, 0.29) is 0 Å². The lowest BCUT2D eigenvalue weighted by Crippen LogP contribution is -2.12. The molecule has 1 atom stereocenters. The molecule has 1 aromatic carbocycles. The number of benzene rings is 1. The number of nitrogens with two attached hydrogens (primary N) is 1. The molecular formula is C12H18FN. The number of rotatable bonds is 4. The van der Waals surface area contributed by atoms with Gasteiger partial charge in [0.2, 0.25) is 0 Å². The summed E-state index contributed by atoms with van der Waals surface area (Å²) in [4.78, 5) is 0. The van der Waals surface area contributed by atoms with Crippen molar-refractivity contribution in [1.29, 1.82) is 0 Å². The summed E-state index contributed by atoms with van der Waals surface area (Å²) in [7, 11) is 0. The van der Waals surface area contributed by atoms with E-state index in [1.54, 1.807) is 0 Å². The fourth-order valence-corrected chi connectivity index (χ4v) is 1.54. The highest BCUT2D eigenvalue weighted by atomic mass is 19.1. The third kappa shape index (κ3) is 3.11. The van der Waals surface area contributed by atoms with E-state index in [4.69, 9.17) is 5.73 Å². The Morgan fingerprint density at radius 1 is 1.36 bits per heavy atom. The van der Waals surface area contributed by atoms with E-state index in [0.717, 1.165) is 11.1 Å². The third-order valence-corrected chi connectivity index (χ3v) is 2.43. The molecule has 2 heteroatoms. The Bertz CT molecular complexity index is 296. The van der Waals surface area contributed by atoms with Crippen molar-refractivity contribution in [3.8, 4) is 0 Å². The van der Waals surface area contributed by atoms with Crippen LogP contribution in [-0.4, -0.2) is 12.7 Å². The fraction of sp³-hybridized carbons (Fsp3) is 0.500. The van der Waals surface area contributed by atoms with Gasteiger partial charge in [0.15, 0.2) is 0 Å². The average Bonchev–Trinajstić information content (AvgIpc) is 2.12. The number of halogens is 1.